The van der Waals surface area contributed by atoms with Crippen LogP contribution in [-0.4, -0.2) is 28.0 Å². The summed E-state index contributed by atoms with van der Waals surface area (Å²) in [5.41, 5.74) is -1.00. The van der Waals surface area contributed by atoms with Crippen LogP contribution in [-0.2, 0) is 18.6 Å². The predicted octanol–water partition coefficient (Wildman–Crippen LogP) is 2.16. The van der Waals surface area contributed by atoms with Gasteiger partial charge in [0.25, 0.3) is 0 Å². The van der Waals surface area contributed by atoms with Crippen LogP contribution in [0.4, 0.5) is 0 Å². The van der Waals surface area contributed by atoms with Crippen LogP contribution in [0.2, 0.25) is 0 Å². The summed E-state index contributed by atoms with van der Waals surface area (Å²) in [4.78, 5) is 28.8. The van der Waals surface area contributed by atoms with E-state index in [1.54, 1.807) is 0 Å². The van der Waals surface area contributed by atoms with E-state index in [0.717, 1.165) is 6.08 Å². The summed E-state index contributed by atoms with van der Waals surface area (Å²) in [6.07, 6.45) is 3.38. The first-order chi connectivity index (χ1) is 8.28. The molecule has 0 atom stereocenters. The van der Waals surface area contributed by atoms with Crippen molar-refractivity contribution >= 4 is 13.8 Å². The Hall–Kier alpha value is -0.680. The third kappa shape index (κ3) is 6.91. The Morgan fingerprint density at radius 1 is 1.33 bits per heavy atom. The molecule has 18 heavy (non-hydrogen) atoms. The Balaban J connectivity index is 4.88. The van der Waals surface area contributed by atoms with Gasteiger partial charge in [-0.3, -0.25) is 4.52 Å². The van der Waals surface area contributed by atoms with E-state index in [9.17, 15) is 9.36 Å². The van der Waals surface area contributed by atoms with Crippen molar-refractivity contribution in [1.82, 2.24) is 0 Å². The highest BCUT2D eigenvalue weighted by atomic mass is 31.2. The first kappa shape index (κ1) is 17.3. The fourth-order valence-electron chi connectivity index (χ4n) is 1.77. The highest BCUT2D eigenvalue weighted by molar-refractivity contribution is 7.46. The summed E-state index contributed by atoms with van der Waals surface area (Å²) in [6.45, 7) is 6.77. The van der Waals surface area contributed by atoms with Crippen LogP contribution in [0.25, 0.3) is 0 Å². The number of hydrogen-bond acceptors (Lipinski definition) is 4. The number of rotatable bonds is 9. The normalized spacial score (nSPS) is 12.2. The lowest BCUT2D eigenvalue weighted by Gasteiger charge is -2.32. The molecular formula is C11H21O6P. The fourth-order valence-corrected chi connectivity index (χ4v) is 2.17. The summed E-state index contributed by atoms with van der Waals surface area (Å²) < 4.78 is 20.5. The van der Waals surface area contributed by atoms with E-state index in [4.69, 9.17) is 14.5 Å². The molecule has 0 aliphatic carbocycles. The van der Waals surface area contributed by atoms with Gasteiger partial charge in [0.1, 0.15) is 5.60 Å². The van der Waals surface area contributed by atoms with Gasteiger partial charge in [-0.2, -0.15) is 0 Å². The molecule has 0 unspecified atom stereocenters. The molecule has 0 aromatic carbocycles. The molecule has 0 bridgehead atoms. The van der Waals surface area contributed by atoms with Crippen molar-refractivity contribution in [3.63, 3.8) is 0 Å². The van der Waals surface area contributed by atoms with E-state index >= 15 is 0 Å². The lowest BCUT2D eigenvalue weighted by Crippen LogP contribution is -2.39. The second kappa shape index (κ2) is 7.69. The van der Waals surface area contributed by atoms with Crippen molar-refractivity contribution < 1.29 is 28.4 Å². The summed E-state index contributed by atoms with van der Waals surface area (Å²) in [6, 6.07) is 0. The Morgan fingerprint density at radius 3 is 2.17 bits per heavy atom. The second-order valence-electron chi connectivity index (χ2n) is 4.07. The maximum Gasteiger partial charge on any atom is 0.469 e. The van der Waals surface area contributed by atoms with Crippen molar-refractivity contribution in [2.45, 2.75) is 45.1 Å². The highest BCUT2D eigenvalue weighted by Crippen LogP contribution is 2.39. The maximum atomic E-state index is 11.3. The average Bonchev–Trinajstić information content (AvgIpc) is 2.26. The van der Waals surface area contributed by atoms with Crippen LogP contribution >= 0.6 is 7.82 Å². The first-order valence-electron chi connectivity index (χ1n) is 5.84. The number of phosphoric acid groups is 1. The largest absolute Gasteiger partial charge is 0.469 e. The molecule has 0 saturated heterocycles. The molecule has 0 aromatic rings. The van der Waals surface area contributed by atoms with E-state index in [0.29, 0.717) is 25.7 Å². The van der Waals surface area contributed by atoms with Gasteiger partial charge in [0.15, 0.2) is 0 Å². The van der Waals surface area contributed by atoms with Crippen LogP contribution in [0.15, 0.2) is 12.7 Å². The van der Waals surface area contributed by atoms with Crippen LogP contribution in [0, 0.1) is 0 Å². The van der Waals surface area contributed by atoms with Gasteiger partial charge in [0.2, 0.25) is 0 Å². The minimum Gasteiger partial charge on any atom is -0.453 e. The number of hydrogen-bond donors (Lipinski definition) is 2. The van der Waals surface area contributed by atoms with Crippen molar-refractivity contribution in [2.24, 2.45) is 0 Å². The topological polar surface area (TPSA) is 93.1 Å². The molecule has 6 nitrogen and oxygen atoms in total. The molecule has 0 aromatic heterocycles. The number of ether oxygens (including phenoxy) is 1. The molecule has 106 valence electrons. The minimum atomic E-state index is -4.58. The molecule has 0 heterocycles. The number of phosphoric ester groups is 1. The Labute approximate surface area is 107 Å². The Bertz CT molecular complexity index is 315. The van der Waals surface area contributed by atoms with Crippen LogP contribution in [0.3, 0.4) is 0 Å². The maximum absolute atomic E-state index is 11.3. The van der Waals surface area contributed by atoms with E-state index in [-0.39, 0.29) is 6.61 Å². The third-order valence-electron chi connectivity index (χ3n) is 2.39. The third-order valence-corrected chi connectivity index (χ3v) is 2.86. The zero-order chi connectivity index (χ0) is 14.2. The molecular weight excluding hydrogens is 259 g/mol. The molecule has 7 heteroatoms. The zero-order valence-corrected chi connectivity index (χ0v) is 11.7. The molecule has 0 fully saturated rings. The van der Waals surface area contributed by atoms with Crippen molar-refractivity contribution in [2.75, 3.05) is 6.61 Å². The van der Waals surface area contributed by atoms with Crippen molar-refractivity contribution in [3.8, 4) is 0 Å². The van der Waals surface area contributed by atoms with Gasteiger partial charge in [-0.15, -0.1) is 0 Å². The quantitative estimate of drug-likeness (QED) is 0.382. The highest BCUT2D eigenvalue weighted by Gasteiger charge is 2.35. The zero-order valence-electron chi connectivity index (χ0n) is 10.8. The molecule has 2 N–H and O–H groups in total. The summed E-state index contributed by atoms with van der Waals surface area (Å²) >= 11 is 0. The molecule has 0 spiro atoms. The van der Waals surface area contributed by atoms with Crippen molar-refractivity contribution in [3.05, 3.63) is 12.7 Å². The van der Waals surface area contributed by atoms with Crippen LogP contribution < -0.4 is 0 Å². The van der Waals surface area contributed by atoms with Gasteiger partial charge in [0.05, 0.1) is 6.61 Å². The predicted molar refractivity (Wildman–Crippen MR) is 66.8 cm³/mol. The van der Waals surface area contributed by atoms with E-state index < -0.39 is 19.4 Å². The van der Waals surface area contributed by atoms with E-state index in [2.05, 4.69) is 11.1 Å². The van der Waals surface area contributed by atoms with Gasteiger partial charge in [0, 0.05) is 6.08 Å². The molecule has 0 aliphatic heterocycles. The number of carbonyl (C=O) groups is 1. The van der Waals surface area contributed by atoms with Gasteiger partial charge in [-0.05, 0) is 12.8 Å². The average molecular weight is 280 g/mol. The molecule has 0 radical (unpaired) electrons. The Morgan fingerprint density at radius 2 is 1.83 bits per heavy atom. The SMILES string of the molecule is C=CC(=O)OC(CCC)(CCC)COP(=O)(O)O. The van der Waals surface area contributed by atoms with E-state index in [1.807, 2.05) is 13.8 Å². The monoisotopic (exact) mass is 280 g/mol. The Kier molecular flexibility index (Phi) is 7.40. The standard InChI is InChI=1S/C11H21O6P/c1-4-7-11(8-5-2,17-10(12)6-3)9-16-18(13,14)15/h6H,3-5,7-9H2,1-2H3,(H2,13,14,15). The summed E-state index contributed by atoms with van der Waals surface area (Å²) in [7, 11) is -4.58. The van der Waals surface area contributed by atoms with E-state index in [1.165, 1.54) is 0 Å². The van der Waals surface area contributed by atoms with Gasteiger partial charge in [-0.1, -0.05) is 33.3 Å². The van der Waals surface area contributed by atoms with Crippen LogP contribution in [0.1, 0.15) is 39.5 Å². The lowest BCUT2D eigenvalue weighted by molar-refractivity contribution is -0.159. The number of esters is 1. The summed E-state index contributed by atoms with van der Waals surface area (Å²) in [5.74, 6) is -0.619. The van der Waals surface area contributed by atoms with Gasteiger partial charge in [-0.25, -0.2) is 9.36 Å². The molecule has 0 rings (SSSR count). The molecule has 0 aliphatic rings. The minimum absolute atomic E-state index is 0.321. The lowest BCUT2D eigenvalue weighted by atomic mass is 9.93. The van der Waals surface area contributed by atoms with Gasteiger partial charge >= 0.3 is 13.8 Å². The molecule has 0 amide bonds. The number of carbonyl (C=O) groups excluding carboxylic acids is 1. The van der Waals surface area contributed by atoms with Gasteiger partial charge < -0.3 is 14.5 Å². The smallest absolute Gasteiger partial charge is 0.453 e. The van der Waals surface area contributed by atoms with Crippen LogP contribution in [0.5, 0.6) is 0 Å². The summed E-state index contributed by atoms with van der Waals surface area (Å²) in [5, 5.41) is 0. The fraction of sp³-hybridized carbons (Fsp3) is 0.727. The van der Waals surface area contributed by atoms with Crippen molar-refractivity contribution in [1.29, 1.82) is 0 Å². The second-order valence-corrected chi connectivity index (χ2v) is 5.31. The first-order valence-corrected chi connectivity index (χ1v) is 7.37. The molecule has 0 saturated carbocycles.